The van der Waals surface area contributed by atoms with E-state index in [9.17, 15) is 10.1 Å². The van der Waals surface area contributed by atoms with Crippen molar-refractivity contribution >= 4 is 40.6 Å². The van der Waals surface area contributed by atoms with Gasteiger partial charge in [0, 0.05) is 15.6 Å². The summed E-state index contributed by atoms with van der Waals surface area (Å²) in [5.41, 5.74) is 1.75. The smallest absolute Gasteiger partial charge is 0.334 e. The number of nitrogens with one attached hydrogen (secondary N) is 1. The van der Waals surface area contributed by atoms with E-state index in [1.807, 2.05) is 24.3 Å². The molecule has 1 aromatic heterocycles. The number of nitro groups is 1. The quantitative estimate of drug-likeness (QED) is 0.342. The Kier molecular flexibility index (Phi) is 5.70. The Balaban J connectivity index is 1.92. The zero-order chi connectivity index (χ0) is 18.5. The number of halogens is 1. The van der Waals surface area contributed by atoms with Crippen molar-refractivity contribution in [3.05, 3.63) is 75.6 Å². The predicted octanol–water partition coefficient (Wildman–Crippen LogP) is 5.50. The first kappa shape index (κ1) is 18.2. The standard InChI is InChI=1S/C18H15ClN4O2S/c1-2-12-3-7-14(8-4-12)22-17-16(23(24)25)18(21-11-20-17)26-15-9-5-13(19)6-10-15/h3-11H,2H2,1H3,(H,20,21,22). The zero-order valence-electron chi connectivity index (χ0n) is 13.8. The molecule has 0 spiro atoms. The number of hydrogen-bond acceptors (Lipinski definition) is 6. The van der Waals surface area contributed by atoms with Crippen molar-refractivity contribution in [3.63, 3.8) is 0 Å². The highest BCUT2D eigenvalue weighted by atomic mass is 35.5. The highest BCUT2D eigenvalue weighted by Crippen LogP contribution is 2.37. The summed E-state index contributed by atoms with van der Waals surface area (Å²) in [5.74, 6) is 0.158. The van der Waals surface area contributed by atoms with Crippen LogP contribution in [0.25, 0.3) is 0 Å². The van der Waals surface area contributed by atoms with Gasteiger partial charge >= 0.3 is 5.69 Å². The summed E-state index contributed by atoms with van der Waals surface area (Å²) in [4.78, 5) is 20.1. The molecule has 0 atom stereocenters. The Bertz CT molecular complexity index is 917. The van der Waals surface area contributed by atoms with E-state index in [2.05, 4.69) is 22.2 Å². The van der Waals surface area contributed by atoms with Crippen LogP contribution in [0.1, 0.15) is 12.5 Å². The second-order valence-electron chi connectivity index (χ2n) is 5.36. The predicted molar refractivity (Wildman–Crippen MR) is 103 cm³/mol. The second-order valence-corrected chi connectivity index (χ2v) is 6.86. The van der Waals surface area contributed by atoms with Crippen LogP contribution in [0.5, 0.6) is 0 Å². The topological polar surface area (TPSA) is 81.0 Å². The lowest BCUT2D eigenvalue weighted by Gasteiger charge is -2.09. The van der Waals surface area contributed by atoms with E-state index in [0.717, 1.165) is 17.0 Å². The van der Waals surface area contributed by atoms with E-state index < -0.39 is 4.92 Å². The van der Waals surface area contributed by atoms with Crippen molar-refractivity contribution in [2.45, 2.75) is 23.3 Å². The summed E-state index contributed by atoms with van der Waals surface area (Å²) in [6.07, 6.45) is 2.24. The fourth-order valence-corrected chi connectivity index (χ4v) is 3.26. The van der Waals surface area contributed by atoms with Crippen molar-refractivity contribution in [1.82, 2.24) is 9.97 Å². The summed E-state index contributed by atoms with van der Waals surface area (Å²) >= 11 is 7.07. The summed E-state index contributed by atoms with van der Waals surface area (Å²) in [6, 6.07) is 14.7. The van der Waals surface area contributed by atoms with Crippen LogP contribution < -0.4 is 5.32 Å². The Hall–Kier alpha value is -2.64. The Labute approximate surface area is 159 Å². The van der Waals surface area contributed by atoms with Gasteiger partial charge in [0.15, 0.2) is 5.03 Å². The maximum absolute atomic E-state index is 11.6. The maximum atomic E-state index is 11.6. The van der Waals surface area contributed by atoms with Crippen LogP contribution in [0, 0.1) is 10.1 Å². The summed E-state index contributed by atoms with van der Waals surface area (Å²) in [6.45, 7) is 2.07. The minimum absolute atomic E-state index is 0.158. The Morgan fingerprint density at radius 2 is 1.81 bits per heavy atom. The molecule has 26 heavy (non-hydrogen) atoms. The first-order chi connectivity index (χ1) is 12.6. The lowest BCUT2D eigenvalue weighted by Crippen LogP contribution is -2.03. The first-order valence-corrected chi connectivity index (χ1v) is 9.05. The van der Waals surface area contributed by atoms with Gasteiger partial charge in [0.25, 0.3) is 0 Å². The van der Waals surface area contributed by atoms with Crippen molar-refractivity contribution in [1.29, 1.82) is 0 Å². The first-order valence-electron chi connectivity index (χ1n) is 7.85. The van der Waals surface area contributed by atoms with E-state index in [1.54, 1.807) is 24.3 Å². The van der Waals surface area contributed by atoms with E-state index in [4.69, 9.17) is 11.6 Å². The lowest BCUT2D eigenvalue weighted by atomic mass is 10.1. The normalized spacial score (nSPS) is 10.5. The number of aromatic nitrogens is 2. The van der Waals surface area contributed by atoms with Gasteiger partial charge in [-0.25, -0.2) is 9.97 Å². The third-order valence-electron chi connectivity index (χ3n) is 3.62. The van der Waals surface area contributed by atoms with E-state index in [0.29, 0.717) is 5.02 Å². The van der Waals surface area contributed by atoms with E-state index in [-0.39, 0.29) is 16.5 Å². The molecule has 1 N–H and O–H groups in total. The SMILES string of the molecule is CCc1ccc(Nc2ncnc(Sc3ccc(Cl)cc3)c2[N+](=O)[O-])cc1. The van der Waals surface area contributed by atoms with Crippen molar-refractivity contribution in [2.24, 2.45) is 0 Å². The van der Waals surface area contributed by atoms with Gasteiger partial charge < -0.3 is 5.32 Å². The minimum atomic E-state index is -0.471. The molecule has 8 heteroatoms. The lowest BCUT2D eigenvalue weighted by molar-refractivity contribution is -0.387. The number of benzene rings is 2. The third kappa shape index (κ3) is 4.30. The second kappa shape index (κ2) is 8.16. The van der Waals surface area contributed by atoms with Crippen LogP contribution in [0.4, 0.5) is 17.2 Å². The highest BCUT2D eigenvalue weighted by Gasteiger charge is 2.24. The van der Waals surface area contributed by atoms with Gasteiger partial charge in [0.1, 0.15) is 6.33 Å². The average Bonchev–Trinajstić information content (AvgIpc) is 2.64. The molecule has 2 aromatic carbocycles. The van der Waals surface area contributed by atoms with Crippen LogP contribution in [-0.4, -0.2) is 14.9 Å². The summed E-state index contributed by atoms with van der Waals surface area (Å²) in [5, 5.41) is 15.5. The molecule has 0 unspecified atom stereocenters. The van der Waals surface area contributed by atoms with Gasteiger partial charge in [-0.1, -0.05) is 42.4 Å². The molecule has 0 aliphatic heterocycles. The molecule has 0 amide bonds. The molecular weight excluding hydrogens is 372 g/mol. The largest absolute Gasteiger partial charge is 0.343 e. The molecule has 0 aliphatic carbocycles. The van der Waals surface area contributed by atoms with Gasteiger partial charge in [-0.15, -0.1) is 0 Å². The number of anilines is 2. The molecule has 6 nitrogen and oxygen atoms in total. The molecule has 3 rings (SSSR count). The Morgan fingerprint density at radius 3 is 2.42 bits per heavy atom. The fourth-order valence-electron chi connectivity index (χ4n) is 2.27. The maximum Gasteiger partial charge on any atom is 0.343 e. The minimum Gasteiger partial charge on any atom is -0.334 e. The summed E-state index contributed by atoms with van der Waals surface area (Å²) in [7, 11) is 0. The molecule has 3 aromatic rings. The molecule has 0 aliphatic rings. The van der Waals surface area contributed by atoms with Crippen LogP contribution >= 0.6 is 23.4 Å². The van der Waals surface area contributed by atoms with Crippen LogP contribution in [-0.2, 0) is 6.42 Å². The monoisotopic (exact) mass is 386 g/mol. The van der Waals surface area contributed by atoms with Gasteiger partial charge in [-0.2, -0.15) is 0 Å². The van der Waals surface area contributed by atoms with Gasteiger partial charge in [-0.3, -0.25) is 10.1 Å². The zero-order valence-corrected chi connectivity index (χ0v) is 15.4. The molecular formula is C18H15ClN4O2S. The number of aryl methyl sites for hydroxylation is 1. The van der Waals surface area contributed by atoms with Gasteiger partial charge in [0.05, 0.1) is 4.92 Å². The number of hydrogen-bond donors (Lipinski definition) is 1. The van der Waals surface area contributed by atoms with Crippen LogP contribution in [0.3, 0.4) is 0 Å². The van der Waals surface area contributed by atoms with Gasteiger partial charge in [0.2, 0.25) is 5.82 Å². The molecule has 0 bridgehead atoms. The summed E-state index contributed by atoms with van der Waals surface area (Å²) < 4.78 is 0. The Morgan fingerprint density at radius 1 is 1.12 bits per heavy atom. The van der Waals surface area contributed by atoms with Crippen molar-refractivity contribution in [3.8, 4) is 0 Å². The third-order valence-corrected chi connectivity index (χ3v) is 4.88. The molecule has 0 saturated carbocycles. The molecule has 1 heterocycles. The van der Waals surface area contributed by atoms with Crippen molar-refractivity contribution in [2.75, 3.05) is 5.32 Å². The molecule has 0 radical (unpaired) electrons. The number of nitrogens with zero attached hydrogens (tertiary/aromatic N) is 3. The molecule has 0 fully saturated rings. The van der Waals surface area contributed by atoms with Crippen molar-refractivity contribution < 1.29 is 4.92 Å². The fraction of sp³-hybridized carbons (Fsp3) is 0.111. The van der Waals surface area contributed by atoms with Gasteiger partial charge in [-0.05, 0) is 48.4 Å². The number of rotatable bonds is 6. The van der Waals surface area contributed by atoms with Crippen LogP contribution in [0.15, 0.2) is 64.8 Å². The van der Waals surface area contributed by atoms with Crippen LogP contribution in [0.2, 0.25) is 5.02 Å². The van der Waals surface area contributed by atoms with E-state index >= 15 is 0 Å². The molecule has 132 valence electrons. The van der Waals surface area contributed by atoms with E-state index in [1.165, 1.54) is 23.7 Å². The highest BCUT2D eigenvalue weighted by molar-refractivity contribution is 7.99. The molecule has 0 saturated heterocycles. The average molecular weight is 387 g/mol.